The topological polar surface area (TPSA) is 284 Å². The smallest absolute Gasteiger partial charge is 0.231 e. The molecule has 13 atom stereocenters. The molecule has 11 fully saturated rings. The van der Waals surface area contributed by atoms with E-state index in [4.69, 9.17) is 18.9 Å². The second-order valence-electron chi connectivity index (χ2n) is 27.1. The normalized spacial score (nSPS) is 44.9. The van der Waals surface area contributed by atoms with Gasteiger partial charge in [-0.3, -0.25) is 44.5 Å². The zero-order valence-corrected chi connectivity index (χ0v) is 49.2. The fourth-order valence-corrected chi connectivity index (χ4v) is 17.4. The number of aliphatic hydroxyl groups is 10. The fourth-order valence-electron chi connectivity index (χ4n) is 17.4. The number of likely N-dealkylation sites (tertiary alicyclic amines) is 8. The van der Waals surface area contributed by atoms with E-state index in [9.17, 15) is 51.1 Å². The van der Waals surface area contributed by atoms with Crippen LogP contribution in [0.5, 0.6) is 0 Å². The first-order valence-electron chi connectivity index (χ1n) is 31.1. The van der Waals surface area contributed by atoms with E-state index in [1.165, 1.54) is 0 Å². The molecule has 81 heavy (non-hydrogen) atoms. The minimum absolute atomic E-state index is 0.0258. The Balaban J connectivity index is 1.24. The van der Waals surface area contributed by atoms with Crippen LogP contribution in [-0.4, -0.2) is 353 Å². The summed E-state index contributed by atoms with van der Waals surface area (Å²) < 4.78 is 27.6. The third-order valence-corrected chi connectivity index (χ3v) is 21.5. The molecule has 11 N–H and O–H groups in total. The molecule has 11 aliphatic heterocycles. The van der Waals surface area contributed by atoms with Crippen LogP contribution < -0.4 is 5.32 Å². The predicted octanol–water partition coefficient (Wildman–Crippen LogP) is -4.07. The van der Waals surface area contributed by atoms with Crippen molar-refractivity contribution < 1.29 is 70.0 Å². The summed E-state index contributed by atoms with van der Waals surface area (Å²) in [5.74, 6) is -5.28. The van der Waals surface area contributed by atoms with E-state index >= 15 is 0 Å². The molecule has 0 saturated carbocycles. The molecule has 11 rings (SSSR count). The lowest BCUT2D eigenvalue weighted by atomic mass is 9.77. The number of nitrogens with zero attached hydrogens (tertiary/aromatic N) is 10. The van der Waals surface area contributed by atoms with Crippen molar-refractivity contribution in [3.63, 3.8) is 0 Å². The monoisotopic (exact) mass is 1150 g/mol. The third-order valence-electron chi connectivity index (χ3n) is 21.5. The molecule has 0 aromatic heterocycles. The highest BCUT2D eigenvalue weighted by Crippen LogP contribution is 2.61. The Bertz CT molecular complexity index is 2110. The standard InChI is InChI=1S/C56H103N11O14/c1-49(75)14-22-59(23-15-49)54(67-19-6-5-13-52(67,40-72)66-18-7-9-46(74)48(66)63-20-11-43(73)29-47(63)58-30-44(31-58)78-4)56(61-17-8-12-50(2,76)37-61,65-25-27-79-36-42(65)34-70)81-55(62-38-51(3,77)39-62,60-24-28-80-45(32-60)35-71)53(57-54,16-26-68)64-21-10-41(64)33-69/h41-48,57,68-77H,5-40H2,1-4H3. The summed E-state index contributed by atoms with van der Waals surface area (Å²) in [5, 5.41) is 126. The molecule has 11 saturated heterocycles. The Hall–Kier alpha value is -1.00. The van der Waals surface area contributed by atoms with E-state index in [-0.39, 0.29) is 104 Å². The number of aliphatic hydroxyl groups excluding tert-OH is 7. The van der Waals surface area contributed by atoms with Crippen molar-refractivity contribution in [2.24, 2.45) is 0 Å². The molecule has 11 aliphatic rings. The van der Waals surface area contributed by atoms with Crippen molar-refractivity contribution in [1.29, 1.82) is 0 Å². The molecule has 0 amide bonds. The van der Waals surface area contributed by atoms with Gasteiger partial charge in [-0.25, -0.2) is 9.80 Å². The van der Waals surface area contributed by atoms with Gasteiger partial charge >= 0.3 is 0 Å². The van der Waals surface area contributed by atoms with Crippen molar-refractivity contribution in [3.8, 4) is 0 Å². The summed E-state index contributed by atoms with van der Waals surface area (Å²) in [7, 11) is 1.73. The van der Waals surface area contributed by atoms with Gasteiger partial charge in [0.2, 0.25) is 11.7 Å². The first-order chi connectivity index (χ1) is 38.8. The first-order valence-corrected chi connectivity index (χ1v) is 31.1. The quantitative estimate of drug-likeness (QED) is 0.0661. The Morgan fingerprint density at radius 2 is 1.37 bits per heavy atom. The number of hydrogen-bond acceptors (Lipinski definition) is 25. The number of morpholine rings is 3. The largest absolute Gasteiger partial charge is 0.396 e. The molecule has 0 bridgehead atoms. The molecule has 0 aromatic rings. The molecule has 11 heterocycles. The summed E-state index contributed by atoms with van der Waals surface area (Å²) in [4.78, 5) is 23.0. The number of ether oxygens (including phenoxy) is 4. The van der Waals surface area contributed by atoms with Gasteiger partial charge in [0.05, 0.1) is 106 Å². The van der Waals surface area contributed by atoms with Gasteiger partial charge in [0, 0.05) is 131 Å². The van der Waals surface area contributed by atoms with Crippen molar-refractivity contribution in [3.05, 3.63) is 0 Å². The maximum absolute atomic E-state index is 13.3. The zero-order chi connectivity index (χ0) is 57.4. The van der Waals surface area contributed by atoms with Crippen molar-refractivity contribution in [2.45, 2.75) is 199 Å². The highest BCUT2D eigenvalue weighted by atomic mass is 16.6. The molecule has 0 aliphatic carbocycles. The lowest BCUT2D eigenvalue weighted by Crippen LogP contribution is -3.04. The van der Waals surface area contributed by atoms with E-state index in [0.29, 0.717) is 136 Å². The summed E-state index contributed by atoms with van der Waals surface area (Å²) in [6.07, 6.45) is 3.50. The number of β-amino-alcohol motifs (C(OH)–C–C–N with tert-alkyl or cyclic N) is 2. The van der Waals surface area contributed by atoms with E-state index in [1.54, 1.807) is 14.0 Å². The van der Waals surface area contributed by atoms with Crippen molar-refractivity contribution in [2.75, 3.05) is 158 Å². The van der Waals surface area contributed by atoms with Crippen LogP contribution in [-0.2, 0) is 18.9 Å². The number of nitrogens with one attached hydrogen (secondary N) is 1. The van der Waals surface area contributed by atoms with Gasteiger partial charge < -0.3 is 70.0 Å². The highest BCUT2D eigenvalue weighted by molar-refractivity contribution is 5.26. The molecule has 13 unspecified atom stereocenters. The van der Waals surface area contributed by atoms with Crippen LogP contribution in [0.15, 0.2) is 0 Å². The Labute approximate surface area is 479 Å². The minimum atomic E-state index is -1.85. The van der Waals surface area contributed by atoms with E-state index in [0.717, 1.165) is 6.42 Å². The van der Waals surface area contributed by atoms with E-state index < -0.39 is 82.2 Å². The predicted molar refractivity (Wildman–Crippen MR) is 295 cm³/mol. The molecular weight excluding hydrogens is 1050 g/mol. The van der Waals surface area contributed by atoms with Crippen molar-refractivity contribution in [1.82, 2.24) is 54.3 Å². The molecule has 466 valence electrons. The second kappa shape index (κ2) is 23.8. The van der Waals surface area contributed by atoms with Gasteiger partial charge in [0.1, 0.15) is 11.3 Å². The van der Waals surface area contributed by atoms with Gasteiger partial charge in [-0.05, 0) is 91.4 Å². The Morgan fingerprint density at radius 1 is 0.617 bits per heavy atom. The van der Waals surface area contributed by atoms with Crippen LogP contribution in [0.25, 0.3) is 0 Å². The first kappa shape index (κ1) is 61.6. The van der Waals surface area contributed by atoms with E-state index in [2.05, 4.69) is 54.3 Å². The summed E-state index contributed by atoms with van der Waals surface area (Å²) in [6.45, 7) is 9.84. The number of rotatable bonds is 17. The van der Waals surface area contributed by atoms with Crippen LogP contribution in [0.2, 0.25) is 0 Å². The maximum atomic E-state index is 13.3. The Morgan fingerprint density at radius 3 is 2.02 bits per heavy atom. The number of methoxy groups -OCH3 is 1. The summed E-state index contributed by atoms with van der Waals surface area (Å²) in [6, 6.07) is -1.14. The van der Waals surface area contributed by atoms with Gasteiger partial charge in [-0.15, -0.1) is 0 Å². The summed E-state index contributed by atoms with van der Waals surface area (Å²) in [5.41, 5.74) is -6.36. The summed E-state index contributed by atoms with van der Waals surface area (Å²) >= 11 is 0. The van der Waals surface area contributed by atoms with Gasteiger partial charge in [0.15, 0.2) is 5.79 Å². The van der Waals surface area contributed by atoms with Crippen LogP contribution >= 0.6 is 0 Å². The molecule has 0 spiro atoms. The minimum Gasteiger partial charge on any atom is -0.396 e. The average Bonchev–Trinajstić information content (AvgIpc) is 0.897. The fraction of sp³-hybridized carbons (Fsp3) is 1.00. The molecule has 0 radical (unpaired) electrons. The van der Waals surface area contributed by atoms with Crippen LogP contribution in [0.3, 0.4) is 0 Å². The third kappa shape index (κ3) is 10.3. The molecule has 25 nitrogen and oxygen atoms in total. The van der Waals surface area contributed by atoms with Crippen molar-refractivity contribution >= 4 is 0 Å². The Kier molecular flexibility index (Phi) is 18.1. The van der Waals surface area contributed by atoms with Crippen LogP contribution in [0.1, 0.15) is 104 Å². The van der Waals surface area contributed by atoms with Gasteiger partial charge in [0.25, 0.3) is 0 Å². The molecule has 25 heteroatoms. The average molecular weight is 1150 g/mol. The van der Waals surface area contributed by atoms with Gasteiger partial charge in [-0.2, -0.15) is 0 Å². The number of piperidine rings is 5. The second-order valence-corrected chi connectivity index (χ2v) is 27.1. The van der Waals surface area contributed by atoms with Crippen LogP contribution in [0.4, 0.5) is 0 Å². The maximum Gasteiger partial charge on any atom is 0.231 e. The lowest BCUT2D eigenvalue weighted by Gasteiger charge is -2.81. The number of hydrogen-bond donors (Lipinski definition) is 11. The van der Waals surface area contributed by atoms with Gasteiger partial charge in [-0.1, -0.05) is 0 Å². The molecule has 0 aromatic carbocycles. The highest BCUT2D eigenvalue weighted by Gasteiger charge is 2.84. The lowest BCUT2D eigenvalue weighted by molar-refractivity contribution is -0.521. The molecular formula is C56H103N11O14. The van der Waals surface area contributed by atoms with E-state index in [1.807, 2.05) is 13.8 Å². The zero-order valence-electron chi connectivity index (χ0n) is 49.2. The van der Waals surface area contributed by atoms with Crippen LogP contribution in [0, 0.1) is 0 Å². The SMILES string of the molecule is COC1CN(C2CC(O)CCN2C2C(O)CCCN2C2(CO)CCCCN2C2(N3CCC(C)(O)CC3)NC(CCO)(N3CCC3CO)C(N3CCOC(CO)C3)(N3CC(C)(O)C3)OC2(N2CCCC(C)(O)C2)N2CCOCC2CO)C1.